The number of aliphatic imine (C=N–C) groups is 1. The van der Waals surface area contributed by atoms with Crippen LogP contribution in [0, 0.1) is 6.92 Å². The van der Waals surface area contributed by atoms with Crippen molar-refractivity contribution in [2.24, 2.45) is 4.99 Å². The SMILES string of the molecule is Cc1cc(=O)n(CC(=O)NCc2nc(C3C=CC=NC3=O)no2)cn1. The van der Waals surface area contributed by atoms with E-state index in [2.05, 4.69) is 25.4 Å². The summed E-state index contributed by atoms with van der Waals surface area (Å²) in [6, 6.07) is 1.34. The molecular formula is C15H14N6O4. The van der Waals surface area contributed by atoms with Crippen LogP contribution >= 0.6 is 0 Å². The molecule has 10 nitrogen and oxygen atoms in total. The predicted octanol–water partition coefficient (Wildman–Crippen LogP) is -0.498. The fourth-order valence-electron chi connectivity index (χ4n) is 2.12. The zero-order chi connectivity index (χ0) is 17.8. The first-order valence-corrected chi connectivity index (χ1v) is 7.40. The molecule has 2 aromatic heterocycles. The van der Waals surface area contributed by atoms with Gasteiger partial charge in [0.25, 0.3) is 11.5 Å². The molecule has 0 fully saturated rings. The lowest BCUT2D eigenvalue weighted by molar-refractivity contribution is -0.122. The fraction of sp³-hybridized carbons (Fsp3) is 0.267. The van der Waals surface area contributed by atoms with Crippen molar-refractivity contribution >= 4 is 18.0 Å². The van der Waals surface area contributed by atoms with Gasteiger partial charge in [-0.25, -0.2) is 9.98 Å². The zero-order valence-electron chi connectivity index (χ0n) is 13.2. The van der Waals surface area contributed by atoms with Gasteiger partial charge in [-0.2, -0.15) is 4.98 Å². The van der Waals surface area contributed by atoms with E-state index in [1.54, 1.807) is 19.1 Å². The number of hydrogen-bond donors (Lipinski definition) is 1. The summed E-state index contributed by atoms with van der Waals surface area (Å²) in [5.41, 5.74) is 0.265. The van der Waals surface area contributed by atoms with Crippen LogP contribution in [0.2, 0.25) is 0 Å². The molecule has 3 rings (SSSR count). The van der Waals surface area contributed by atoms with Crippen LogP contribution in [0.5, 0.6) is 0 Å². The van der Waals surface area contributed by atoms with Gasteiger partial charge in [-0.15, -0.1) is 0 Å². The van der Waals surface area contributed by atoms with Gasteiger partial charge in [-0.3, -0.25) is 19.0 Å². The van der Waals surface area contributed by atoms with Crippen LogP contribution in [0.4, 0.5) is 0 Å². The van der Waals surface area contributed by atoms with Gasteiger partial charge in [0.15, 0.2) is 5.82 Å². The van der Waals surface area contributed by atoms with Gasteiger partial charge in [0.2, 0.25) is 11.8 Å². The Hall–Kier alpha value is -3.43. The van der Waals surface area contributed by atoms with Crippen LogP contribution in [-0.4, -0.2) is 37.7 Å². The molecule has 0 aromatic carbocycles. The summed E-state index contributed by atoms with van der Waals surface area (Å²) >= 11 is 0. The molecule has 0 radical (unpaired) electrons. The van der Waals surface area contributed by atoms with E-state index in [-0.39, 0.29) is 36.3 Å². The van der Waals surface area contributed by atoms with E-state index >= 15 is 0 Å². The molecule has 1 N–H and O–H groups in total. The van der Waals surface area contributed by atoms with Crippen molar-refractivity contribution in [2.75, 3.05) is 0 Å². The molecule has 2 aromatic rings. The molecule has 0 bridgehead atoms. The van der Waals surface area contributed by atoms with Gasteiger partial charge in [0.1, 0.15) is 12.5 Å². The molecule has 3 heterocycles. The van der Waals surface area contributed by atoms with Crippen molar-refractivity contribution in [1.82, 2.24) is 25.0 Å². The maximum absolute atomic E-state index is 11.9. The second kappa shape index (κ2) is 6.99. The first-order chi connectivity index (χ1) is 12.0. The van der Waals surface area contributed by atoms with E-state index in [0.717, 1.165) is 0 Å². The Morgan fingerprint density at radius 2 is 2.24 bits per heavy atom. The zero-order valence-corrected chi connectivity index (χ0v) is 13.2. The Labute approximate surface area is 141 Å². The van der Waals surface area contributed by atoms with E-state index in [1.807, 2.05) is 0 Å². The van der Waals surface area contributed by atoms with Crippen LogP contribution in [0.3, 0.4) is 0 Å². The normalized spacial score (nSPS) is 16.2. The molecule has 128 valence electrons. The molecule has 0 saturated heterocycles. The third kappa shape index (κ3) is 3.91. The quantitative estimate of drug-likeness (QED) is 0.774. The topological polar surface area (TPSA) is 132 Å². The van der Waals surface area contributed by atoms with Crippen LogP contribution in [0.1, 0.15) is 23.3 Å². The predicted molar refractivity (Wildman–Crippen MR) is 84.8 cm³/mol. The highest BCUT2D eigenvalue weighted by molar-refractivity contribution is 5.96. The largest absolute Gasteiger partial charge is 0.345 e. The first-order valence-electron chi connectivity index (χ1n) is 7.40. The maximum Gasteiger partial charge on any atom is 0.260 e. The highest BCUT2D eigenvalue weighted by atomic mass is 16.5. The Morgan fingerprint density at radius 1 is 1.40 bits per heavy atom. The number of allylic oxidation sites excluding steroid dienone is 1. The Morgan fingerprint density at radius 3 is 3.00 bits per heavy atom. The summed E-state index contributed by atoms with van der Waals surface area (Å²) in [7, 11) is 0. The van der Waals surface area contributed by atoms with E-state index in [9.17, 15) is 14.4 Å². The molecule has 1 aliphatic rings. The number of carbonyl (C=O) groups excluding carboxylic acids is 2. The lowest BCUT2D eigenvalue weighted by Gasteiger charge is -2.05. The van der Waals surface area contributed by atoms with Gasteiger partial charge in [-0.05, 0) is 13.0 Å². The minimum absolute atomic E-state index is 0.0201. The van der Waals surface area contributed by atoms with Gasteiger partial charge >= 0.3 is 0 Å². The first kappa shape index (κ1) is 16.4. The monoisotopic (exact) mass is 342 g/mol. The van der Waals surface area contributed by atoms with Gasteiger partial charge in [0.05, 0.1) is 12.9 Å². The third-order valence-corrected chi connectivity index (χ3v) is 3.39. The van der Waals surface area contributed by atoms with Crippen LogP contribution < -0.4 is 10.9 Å². The van der Waals surface area contributed by atoms with Gasteiger partial charge < -0.3 is 9.84 Å². The van der Waals surface area contributed by atoms with Gasteiger partial charge in [0, 0.05) is 18.0 Å². The molecule has 25 heavy (non-hydrogen) atoms. The summed E-state index contributed by atoms with van der Waals surface area (Å²) < 4.78 is 6.20. The van der Waals surface area contributed by atoms with Crippen molar-refractivity contribution in [1.29, 1.82) is 0 Å². The van der Waals surface area contributed by atoms with Crippen molar-refractivity contribution in [2.45, 2.75) is 25.9 Å². The van der Waals surface area contributed by atoms with Gasteiger partial charge in [-0.1, -0.05) is 11.2 Å². The van der Waals surface area contributed by atoms with E-state index in [0.29, 0.717) is 5.69 Å². The molecule has 2 amide bonds. The number of rotatable bonds is 5. The number of dihydropyridines is 1. The molecule has 0 aliphatic carbocycles. The summed E-state index contributed by atoms with van der Waals surface area (Å²) in [4.78, 5) is 47.0. The number of aromatic nitrogens is 4. The minimum Gasteiger partial charge on any atom is -0.345 e. The van der Waals surface area contributed by atoms with E-state index < -0.39 is 11.8 Å². The highest BCUT2D eigenvalue weighted by Gasteiger charge is 2.24. The second-order valence-electron chi connectivity index (χ2n) is 5.30. The standard InChI is InChI=1S/C15H14N6O4/c1-9-5-13(23)21(8-18-9)7-11(22)17-6-12-19-14(20-25-12)10-3-2-4-16-15(10)24/h2-5,8,10H,6-7H2,1H3,(H,17,22). The number of carbonyl (C=O) groups is 2. The van der Waals surface area contributed by atoms with Crippen LogP contribution in [0.25, 0.3) is 0 Å². The average Bonchev–Trinajstić information content (AvgIpc) is 3.05. The van der Waals surface area contributed by atoms with Crippen LogP contribution in [-0.2, 0) is 22.7 Å². The Bertz CT molecular complexity index is 926. The van der Waals surface area contributed by atoms with Crippen molar-refractivity contribution in [3.8, 4) is 0 Å². The Balaban J connectivity index is 1.58. The molecule has 0 saturated carbocycles. The highest BCUT2D eigenvalue weighted by Crippen LogP contribution is 2.17. The smallest absolute Gasteiger partial charge is 0.260 e. The lowest BCUT2D eigenvalue weighted by atomic mass is 10.1. The molecule has 0 spiro atoms. The average molecular weight is 342 g/mol. The Kier molecular flexibility index (Phi) is 4.59. The summed E-state index contributed by atoms with van der Waals surface area (Å²) in [5, 5.41) is 6.29. The molecule has 1 aliphatic heterocycles. The number of aryl methyl sites for hydroxylation is 1. The number of nitrogens with one attached hydrogen (secondary N) is 1. The fourth-order valence-corrected chi connectivity index (χ4v) is 2.12. The van der Waals surface area contributed by atoms with E-state index in [1.165, 1.54) is 23.2 Å². The molecule has 10 heteroatoms. The third-order valence-electron chi connectivity index (χ3n) is 3.39. The summed E-state index contributed by atoms with van der Waals surface area (Å²) in [6.07, 6.45) is 5.93. The second-order valence-corrected chi connectivity index (χ2v) is 5.30. The molecule has 1 unspecified atom stereocenters. The molecular weight excluding hydrogens is 328 g/mol. The maximum atomic E-state index is 11.9. The summed E-state index contributed by atoms with van der Waals surface area (Å²) in [5.74, 6) is -1.15. The van der Waals surface area contributed by atoms with Crippen LogP contribution in [0.15, 0.2) is 38.9 Å². The lowest BCUT2D eigenvalue weighted by Crippen LogP contribution is -2.32. The summed E-state index contributed by atoms with van der Waals surface area (Å²) in [6.45, 7) is 1.50. The minimum atomic E-state index is -0.685. The number of amides is 2. The number of nitrogens with zero attached hydrogens (tertiary/aromatic N) is 5. The van der Waals surface area contributed by atoms with E-state index in [4.69, 9.17) is 4.52 Å². The number of hydrogen-bond acceptors (Lipinski definition) is 7. The van der Waals surface area contributed by atoms with Crippen molar-refractivity contribution in [3.63, 3.8) is 0 Å². The molecule has 1 atom stereocenters. The van der Waals surface area contributed by atoms with Crippen molar-refractivity contribution < 1.29 is 14.1 Å². The van der Waals surface area contributed by atoms with Crippen molar-refractivity contribution in [3.05, 3.63) is 52.3 Å².